The lowest BCUT2D eigenvalue weighted by molar-refractivity contribution is -0.129. The molecule has 43 heavy (non-hydrogen) atoms. The number of hydrogen-bond donors (Lipinski definition) is 1. The number of carbonyl (C=O) groups excluding carboxylic acids is 1. The molecule has 0 aliphatic rings. The minimum atomic E-state index is -1.51. The lowest BCUT2D eigenvalue weighted by Gasteiger charge is -2.30. The van der Waals surface area contributed by atoms with Crippen molar-refractivity contribution in [3.63, 3.8) is 0 Å². The fourth-order valence-electron chi connectivity index (χ4n) is 5.00. The molecule has 4 rings (SSSR count). The van der Waals surface area contributed by atoms with E-state index in [0.29, 0.717) is 39.7 Å². The molecule has 0 spiro atoms. The number of benzene rings is 1. The Hall–Kier alpha value is -4.28. The summed E-state index contributed by atoms with van der Waals surface area (Å²) in [6, 6.07) is 7.74. The average molecular weight is 611 g/mol. The Morgan fingerprint density at radius 1 is 1.30 bits per heavy atom. The third-order valence-electron chi connectivity index (χ3n) is 7.53. The van der Waals surface area contributed by atoms with E-state index in [2.05, 4.69) is 10.4 Å². The number of aryl methyl sites for hydroxylation is 1. The van der Waals surface area contributed by atoms with Crippen LogP contribution in [0.3, 0.4) is 0 Å². The van der Waals surface area contributed by atoms with E-state index in [4.69, 9.17) is 14.7 Å². The van der Waals surface area contributed by atoms with Crippen molar-refractivity contribution in [3.05, 3.63) is 74.4 Å². The number of aromatic nitrogens is 4. The van der Waals surface area contributed by atoms with Crippen LogP contribution in [0.15, 0.2) is 46.2 Å². The summed E-state index contributed by atoms with van der Waals surface area (Å²) in [5.41, 5.74) is -1.89. The monoisotopic (exact) mass is 610 g/mol. The van der Waals surface area contributed by atoms with E-state index >= 15 is 0 Å². The number of amides is 1. The van der Waals surface area contributed by atoms with E-state index in [0.717, 1.165) is 4.57 Å². The molecule has 0 saturated heterocycles. The summed E-state index contributed by atoms with van der Waals surface area (Å²) in [4.78, 5) is 42.5. The molecule has 3 aromatic heterocycles. The van der Waals surface area contributed by atoms with Gasteiger partial charge in [0.05, 0.1) is 38.1 Å². The van der Waals surface area contributed by atoms with E-state index in [1.807, 2.05) is 13.0 Å². The van der Waals surface area contributed by atoms with Crippen LogP contribution in [0.5, 0.6) is 5.75 Å². The molecule has 1 aromatic carbocycles. The van der Waals surface area contributed by atoms with E-state index in [1.165, 1.54) is 41.2 Å². The number of ether oxygens (including phenoxy) is 2. The van der Waals surface area contributed by atoms with Crippen LogP contribution in [0, 0.1) is 24.1 Å². The average Bonchev–Trinajstić information content (AvgIpc) is 3.65. The molecular weight excluding hydrogens is 575 g/mol. The van der Waals surface area contributed by atoms with E-state index in [-0.39, 0.29) is 31.4 Å². The third kappa shape index (κ3) is 5.98. The molecule has 3 heterocycles. The highest BCUT2D eigenvalue weighted by molar-refractivity contribution is 7.21. The molecule has 0 saturated carbocycles. The first-order valence-electron chi connectivity index (χ1n) is 14.0. The Morgan fingerprint density at radius 3 is 2.70 bits per heavy atom. The highest BCUT2D eigenvalue weighted by atomic mass is 32.1. The molecule has 2 atom stereocenters. The predicted octanol–water partition coefficient (Wildman–Crippen LogP) is 4.19. The van der Waals surface area contributed by atoms with Crippen molar-refractivity contribution < 1.29 is 18.7 Å². The van der Waals surface area contributed by atoms with Gasteiger partial charge in [-0.15, -0.1) is 0 Å². The summed E-state index contributed by atoms with van der Waals surface area (Å²) in [7, 11) is 1.44. The zero-order valence-corrected chi connectivity index (χ0v) is 25.7. The maximum absolute atomic E-state index is 14.5. The molecule has 1 N–H and O–H groups in total. The predicted molar refractivity (Wildman–Crippen MR) is 161 cm³/mol. The summed E-state index contributed by atoms with van der Waals surface area (Å²) in [5, 5.41) is 17.2. The minimum absolute atomic E-state index is 0.00642. The van der Waals surface area contributed by atoms with Gasteiger partial charge in [0.25, 0.3) is 5.56 Å². The molecule has 1 unspecified atom stereocenters. The van der Waals surface area contributed by atoms with Gasteiger partial charge in [-0.3, -0.25) is 14.2 Å². The molecule has 0 radical (unpaired) electrons. The van der Waals surface area contributed by atoms with E-state index in [1.54, 1.807) is 43.9 Å². The number of nitrogens with zero attached hydrogens (tertiary/aromatic N) is 5. The lowest BCUT2D eigenvalue weighted by atomic mass is 9.96. The maximum Gasteiger partial charge on any atom is 0.333 e. The Bertz CT molecular complexity index is 1770. The van der Waals surface area contributed by atoms with Gasteiger partial charge in [0.15, 0.2) is 0 Å². The van der Waals surface area contributed by atoms with Crippen LogP contribution < -0.4 is 21.3 Å². The SMILES string of the molecule is CCCNC(=O)C(C)(CC)n1c(=O)c2c(C)c(-n3cccn3)sc2n(C[C@H](OCCC#N)c2cc(F)ccc2OC)c1=O. The number of rotatable bonds is 13. The van der Waals surface area contributed by atoms with Gasteiger partial charge < -0.3 is 14.8 Å². The fourth-order valence-corrected chi connectivity index (χ4v) is 6.24. The topological polar surface area (TPSA) is 133 Å². The first-order valence-corrected chi connectivity index (χ1v) is 14.8. The largest absolute Gasteiger partial charge is 0.496 e. The number of halogens is 1. The van der Waals surface area contributed by atoms with Crippen molar-refractivity contribution in [2.45, 2.75) is 65.1 Å². The van der Waals surface area contributed by atoms with Gasteiger partial charge in [-0.05, 0) is 51.0 Å². The van der Waals surface area contributed by atoms with Crippen molar-refractivity contribution in [2.75, 3.05) is 20.3 Å². The second kappa shape index (κ2) is 13.4. The van der Waals surface area contributed by atoms with Crippen LogP contribution in [0.2, 0.25) is 0 Å². The Labute approximate surface area is 252 Å². The Balaban J connectivity index is 2.04. The summed E-state index contributed by atoms with van der Waals surface area (Å²) >= 11 is 1.20. The molecule has 228 valence electrons. The number of thiophene rings is 1. The van der Waals surface area contributed by atoms with Crippen LogP contribution in [-0.4, -0.2) is 45.1 Å². The Kier molecular flexibility index (Phi) is 9.83. The molecular formula is C30H35FN6O5S. The first kappa shape index (κ1) is 31.7. The zero-order valence-electron chi connectivity index (χ0n) is 24.8. The fraction of sp³-hybridized carbons (Fsp3) is 0.433. The normalized spacial score (nSPS) is 13.4. The molecule has 0 aliphatic carbocycles. The first-order chi connectivity index (χ1) is 20.6. The van der Waals surface area contributed by atoms with Crippen molar-refractivity contribution in [1.82, 2.24) is 24.2 Å². The number of nitriles is 1. The molecule has 0 aliphatic heterocycles. The second-order valence-electron chi connectivity index (χ2n) is 10.2. The number of nitrogens with one attached hydrogen (secondary N) is 1. The molecule has 13 heteroatoms. The van der Waals surface area contributed by atoms with Crippen LogP contribution in [0.4, 0.5) is 4.39 Å². The number of methoxy groups -OCH3 is 1. The van der Waals surface area contributed by atoms with Crippen molar-refractivity contribution in [2.24, 2.45) is 0 Å². The van der Waals surface area contributed by atoms with Gasteiger partial charge in [0, 0.05) is 30.1 Å². The van der Waals surface area contributed by atoms with Crippen LogP contribution in [0.1, 0.15) is 57.3 Å². The molecule has 11 nitrogen and oxygen atoms in total. The van der Waals surface area contributed by atoms with Gasteiger partial charge in [-0.1, -0.05) is 25.2 Å². The Morgan fingerprint density at radius 2 is 2.07 bits per heavy atom. The van der Waals surface area contributed by atoms with Crippen LogP contribution >= 0.6 is 11.3 Å². The van der Waals surface area contributed by atoms with Crippen molar-refractivity contribution in [3.8, 4) is 16.8 Å². The summed E-state index contributed by atoms with van der Waals surface area (Å²) in [5.74, 6) is -0.653. The van der Waals surface area contributed by atoms with Gasteiger partial charge in [-0.25, -0.2) is 18.4 Å². The smallest absolute Gasteiger partial charge is 0.333 e. The highest BCUT2D eigenvalue weighted by Crippen LogP contribution is 2.34. The summed E-state index contributed by atoms with van der Waals surface area (Å²) in [6.07, 6.45) is 3.30. The quantitative estimate of drug-likeness (QED) is 0.225. The second-order valence-corrected chi connectivity index (χ2v) is 11.2. The van der Waals surface area contributed by atoms with Gasteiger partial charge in [0.1, 0.15) is 33.0 Å². The number of hydrogen-bond acceptors (Lipinski definition) is 8. The van der Waals surface area contributed by atoms with Gasteiger partial charge in [0.2, 0.25) is 5.91 Å². The molecule has 0 bridgehead atoms. The van der Waals surface area contributed by atoms with E-state index in [9.17, 15) is 18.8 Å². The minimum Gasteiger partial charge on any atom is -0.496 e. The van der Waals surface area contributed by atoms with E-state index < -0.39 is 34.6 Å². The third-order valence-corrected chi connectivity index (χ3v) is 8.83. The van der Waals surface area contributed by atoms with Crippen LogP contribution in [0.25, 0.3) is 15.2 Å². The van der Waals surface area contributed by atoms with Gasteiger partial charge in [-0.2, -0.15) is 10.4 Å². The highest BCUT2D eigenvalue weighted by Gasteiger charge is 2.38. The summed E-state index contributed by atoms with van der Waals surface area (Å²) < 4.78 is 30.1. The number of fused-ring (bicyclic) bond motifs is 1. The molecule has 0 fully saturated rings. The van der Waals surface area contributed by atoms with Crippen molar-refractivity contribution >= 4 is 27.5 Å². The van der Waals surface area contributed by atoms with Crippen LogP contribution in [-0.2, 0) is 21.6 Å². The zero-order chi connectivity index (χ0) is 31.3. The summed E-state index contributed by atoms with van der Waals surface area (Å²) in [6.45, 7) is 7.23. The molecule has 4 aromatic rings. The van der Waals surface area contributed by atoms with Crippen molar-refractivity contribution in [1.29, 1.82) is 5.26 Å². The standard InChI is InChI=1S/C30H35FN6O5S/c1-6-13-33-28(39)30(4,7-2)37-25(38)24-19(3)26(36-15-9-14-34-36)43-27(24)35(29(37)40)18-23(42-16-8-12-32)21-17-20(31)10-11-22(21)41-5/h9-11,14-15,17,23H,6-8,13,16,18H2,1-5H3,(H,33,39)/t23-,30?/m0/s1. The lowest BCUT2D eigenvalue weighted by Crippen LogP contribution is -2.57. The van der Waals surface area contributed by atoms with Gasteiger partial charge >= 0.3 is 5.69 Å². The number of carbonyl (C=O) groups is 1. The molecule has 1 amide bonds. The maximum atomic E-state index is 14.5.